The predicted octanol–water partition coefficient (Wildman–Crippen LogP) is 6.64. The van der Waals surface area contributed by atoms with Crippen molar-refractivity contribution in [2.75, 3.05) is 5.32 Å². The predicted molar refractivity (Wildman–Crippen MR) is 132 cm³/mol. The maximum Gasteiger partial charge on any atom is 0.335 e. The maximum absolute atomic E-state index is 14.9. The van der Waals surface area contributed by atoms with Crippen molar-refractivity contribution in [2.24, 2.45) is 4.99 Å². The number of carbonyl (C=O) groups is 1. The molecule has 0 atom stereocenters. The third kappa shape index (κ3) is 4.04. The van der Waals surface area contributed by atoms with Crippen LogP contribution in [0.2, 0.25) is 5.02 Å². The Bertz CT molecular complexity index is 1450. The number of aliphatic imine (C=N–C) groups is 1. The molecule has 2 N–H and O–H groups in total. The van der Waals surface area contributed by atoms with Crippen LogP contribution in [0.1, 0.15) is 32.6 Å². The number of aromatic nitrogens is 1. The highest BCUT2D eigenvalue weighted by molar-refractivity contribution is 6.31. The van der Waals surface area contributed by atoms with Gasteiger partial charge in [0, 0.05) is 28.0 Å². The van der Waals surface area contributed by atoms with E-state index in [1.807, 2.05) is 31.2 Å². The van der Waals surface area contributed by atoms with E-state index in [0.717, 1.165) is 27.8 Å². The van der Waals surface area contributed by atoms with E-state index < -0.39 is 5.97 Å². The van der Waals surface area contributed by atoms with Gasteiger partial charge in [-0.1, -0.05) is 29.8 Å². The normalized spacial score (nSPS) is 12.3. The summed E-state index contributed by atoms with van der Waals surface area (Å²) in [7, 11) is 0. The molecule has 0 spiro atoms. The molecule has 0 aliphatic carbocycles. The van der Waals surface area contributed by atoms with Crippen LogP contribution in [-0.2, 0) is 6.54 Å². The summed E-state index contributed by atoms with van der Waals surface area (Å²) in [5, 5.41) is 12.9. The molecule has 0 unspecified atom stereocenters. The summed E-state index contributed by atoms with van der Waals surface area (Å²) >= 11 is 6.35. The lowest BCUT2D eigenvalue weighted by molar-refractivity contribution is 0.0697. The summed E-state index contributed by atoms with van der Waals surface area (Å²) in [4.78, 5) is 20.4. The number of rotatable bonds is 4. The number of halogens is 2. The molecule has 0 fully saturated rings. The van der Waals surface area contributed by atoms with E-state index >= 15 is 0 Å². The van der Waals surface area contributed by atoms with Crippen LogP contribution in [0.15, 0.2) is 77.9 Å². The molecule has 0 saturated heterocycles. The molecule has 3 aromatic carbocycles. The first-order valence-corrected chi connectivity index (χ1v) is 11.0. The second-order valence-electron chi connectivity index (χ2n) is 8.02. The van der Waals surface area contributed by atoms with E-state index in [-0.39, 0.29) is 11.4 Å². The van der Waals surface area contributed by atoms with Gasteiger partial charge in [0.25, 0.3) is 0 Å². The molecular formula is C27H19ClFN3O2. The quantitative estimate of drug-likeness (QED) is 0.349. The highest BCUT2D eigenvalue weighted by atomic mass is 35.5. The SMILES string of the molecule is Cc1cccc(F)c1C1=NCc2cnc(Nc3ccc(C(=O)O)cc3)cc2-c2ccc(Cl)cc21. The molecule has 1 aliphatic heterocycles. The Hall–Kier alpha value is -4.03. The number of carboxylic acid groups (broad SMARTS) is 1. The van der Waals surface area contributed by atoms with Crippen molar-refractivity contribution in [3.8, 4) is 11.1 Å². The molecule has 4 aromatic rings. The second kappa shape index (κ2) is 8.72. The lowest BCUT2D eigenvalue weighted by atomic mass is 9.91. The highest BCUT2D eigenvalue weighted by Crippen LogP contribution is 2.36. The van der Waals surface area contributed by atoms with Gasteiger partial charge in [-0.05, 0) is 77.7 Å². The molecule has 1 aliphatic rings. The largest absolute Gasteiger partial charge is 0.478 e. The summed E-state index contributed by atoms with van der Waals surface area (Å²) in [6, 6.07) is 18.9. The first kappa shape index (κ1) is 21.8. The molecule has 0 radical (unpaired) electrons. The van der Waals surface area contributed by atoms with Crippen LogP contribution in [0.25, 0.3) is 11.1 Å². The van der Waals surface area contributed by atoms with E-state index in [9.17, 15) is 9.18 Å². The molecular weight excluding hydrogens is 453 g/mol. The van der Waals surface area contributed by atoms with Gasteiger partial charge >= 0.3 is 5.97 Å². The molecule has 34 heavy (non-hydrogen) atoms. The monoisotopic (exact) mass is 471 g/mol. The van der Waals surface area contributed by atoms with E-state index in [1.54, 1.807) is 30.5 Å². The molecule has 168 valence electrons. The number of fused-ring (bicyclic) bond motifs is 3. The highest BCUT2D eigenvalue weighted by Gasteiger charge is 2.23. The first-order valence-electron chi connectivity index (χ1n) is 10.6. The third-order valence-corrected chi connectivity index (χ3v) is 6.02. The van der Waals surface area contributed by atoms with Crippen LogP contribution in [0.5, 0.6) is 0 Å². The average molecular weight is 472 g/mol. The summed E-state index contributed by atoms with van der Waals surface area (Å²) in [5.74, 6) is -0.722. The van der Waals surface area contributed by atoms with Crippen molar-refractivity contribution in [2.45, 2.75) is 13.5 Å². The molecule has 2 heterocycles. The number of pyridine rings is 1. The number of carboxylic acids is 1. The maximum atomic E-state index is 14.9. The van der Waals surface area contributed by atoms with Gasteiger partial charge in [-0.3, -0.25) is 4.99 Å². The number of aryl methyl sites for hydroxylation is 1. The smallest absolute Gasteiger partial charge is 0.335 e. The van der Waals surface area contributed by atoms with Crippen LogP contribution in [0, 0.1) is 12.7 Å². The van der Waals surface area contributed by atoms with Crippen LogP contribution >= 0.6 is 11.6 Å². The minimum Gasteiger partial charge on any atom is -0.478 e. The van der Waals surface area contributed by atoms with Crippen molar-refractivity contribution in [3.05, 3.63) is 112 Å². The van der Waals surface area contributed by atoms with Crippen LogP contribution in [-0.4, -0.2) is 21.8 Å². The fourth-order valence-electron chi connectivity index (χ4n) is 4.12. The average Bonchev–Trinajstić information content (AvgIpc) is 2.96. The van der Waals surface area contributed by atoms with E-state index in [2.05, 4.69) is 10.3 Å². The zero-order valence-electron chi connectivity index (χ0n) is 18.1. The standard InChI is InChI=1S/C27H19ClFN3O2/c1-15-3-2-4-23(29)25(15)26-22-11-18(28)7-10-20(22)21-12-24(30-13-17(21)14-31-26)32-19-8-5-16(6-9-19)27(33)34/h2-13H,14H2,1H3,(H,30,32)(H,33,34). The van der Waals surface area contributed by atoms with Crippen molar-refractivity contribution in [1.29, 1.82) is 0 Å². The number of aromatic carboxylic acids is 1. The number of hydrogen-bond acceptors (Lipinski definition) is 4. The van der Waals surface area contributed by atoms with Gasteiger partial charge in [0.2, 0.25) is 0 Å². The zero-order valence-corrected chi connectivity index (χ0v) is 18.9. The van der Waals surface area contributed by atoms with Crippen LogP contribution in [0.4, 0.5) is 15.9 Å². The number of benzene rings is 3. The van der Waals surface area contributed by atoms with Gasteiger partial charge < -0.3 is 10.4 Å². The summed E-state index contributed by atoms with van der Waals surface area (Å²) in [6.45, 7) is 2.20. The third-order valence-electron chi connectivity index (χ3n) is 5.78. The van der Waals surface area contributed by atoms with Gasteiger partial charge in [-0.25, -0.2) is 14.2 Å². The molecule has 0 amide bonds. The first-order chi connectivity index (χ1) is 16.4. The molecule has 5 nitrogen and oxygen atoms in total. The van der Waals surface area contributed by atoms with Crippen molar-refractivity contribution in [1.82, 2.24) is 4.98 Å². The Balaban J connectivity index is 1.59. The van der Waals surface area contributed by atoms with Crippen LogP contribution in [0.3, 0.4) is 0 Å². The van der Waals surface area contributed by atoms with Crippen LogP contribution < -0.4 is 5.32 Å². The lowest BCUT2D eigenvalue weighted by Gasteiger charge is -2.15. The minimum atomic E-state index is -0.981. The van der Waals surface area contributed by atoms with Crippen molar-refractivity contribution in [3.63, 3.8) is 0 Å². The Morgan fingerprint density at radius 1 is 1.03 bits per heavy atom. The van der Waals surface area contributed by atoms with Gasteiger partial charge in [0.15, 0.2) is 0 Å². The summed E-state index contributed by atoms with van der Waals surface area (Å²) in [5.41, 5.74) is 6.18. The molecule has 7 heteroatoms. The number of hydrogen-bond donors (Lipinski definition) is 2. The zero-order chi connectivity index (χ0) is 23.8. The Kier molecular flexibility index (Phi) is 5.59. The topological polar surface area (TPSA) is 74.6 Å². The molecule has 1 aromatic heterocycles. The second-order valence-corrected chi connectivity index (χ2v) is 8.46. The van der Waals surface area contributed by atoms with Gasteiger partial charge in [0.1, 0.15) is 11.6 Å². The molecule has 0 bridgehead atoms. The molecule has 5 rings (SSSR count). The lowest BCUT2D eigenvalue weighted by Crippen LogP contribution is -2.09. The summed E-state index contributed by atoms with van der Waals surface area (Å²) in [6.07, 6.45) is 1.75. The number of anilines is 2. The van der Waals surface area contributed by atoms with E-state index in [1.165, 1.54) is 18.2 Å². The van der Waals surface area contributed by atoms with Gasteiger partial charge in [-0.2, -0.15) is 0 Å². The fourth-order valence-corrected chi connectivity index (χ4v) is 4.29. The van der Waals surface area contributed by atoms with Crippen molar-refractivity contribution < 1.29 is 14.3 Å². The Morgan fingerprint density at radius 2 is 1.82 bits per heavy atom. The summed E-state index contributed by atoms with van der Waals surface area (Å²) < 4.78 is 14.9. The van der Waals surface area contributed by atoms with Gasteiger partial charge in [0.05, 0.1) is 17.8 Å². The minimum absolute atomic E-state index is 0.208. The van der Waals surface area contributed by atoms with E-state index in [4.69, 9.17) is 21.7 Å². The number of nitrogens with one attached hydrogen (secondary N) is 1. The van der Waals surface area contributed by atoms with Gasteiger partial charge in [-0.15, -0.1) is 0 Å². The Morgan fingerprint density at radius 3 is 2.56 bits per heavy atom. The van der Waals surface area contributed by atoms with Crippen molar-refractivity contribution >= 4 is 34.8 Å². The molecule has 0 saturated carbocycles. The Labute approximate surface area is 200 Å². The number of nitrogens with zero attached hydrogens (tertiary/aromatic N) is 2. The van der Waals surface area contributed by atoms with E-state index in [0.29, 0.717) is 34.3 Å². The fraction of sp³-hybridized carbons (Fsp3) is 0.0741.